The first kappa shape index (κ1) is 14.9. The van der Waals surface area contributed by atoms with Crippen LogP contribution < -0.4 is 5.73 Å². The second kappa shape index (κ2) is 7.31. The van der Waals surface area contributed by atoms with Gasteiger partial charge in [-0.25, -0.2) is 0 Å². The number of morpholine rings is 1. The van der Waals surface area contributed by atoms with Crippen molar-refractivity contribution in [3.8, 4) is 0 Å². The molecular weight excluding hydrogens is 216 g/mol. The molecular formula is C13H28N2O2. The van der Waals surface area contributed by atoms with E-state index in [0.717, 1.165) is 39.1 Å². The molecule has 0 saturated carbocycles. The third-order valence-electron chi connectivity index (χ3n) is 3.77. The Balaban J connectivity index is 2.21. The first-order chi connectivity index (χ1) is 8.13. The predicted octanol–water partition coefficient (Wildman–Crippen LogP) is 1.24. The number of rotatable bonds is 7. The van der Waals surface area contributed by atoms with Gasteiger partial charge in [0.05, 0.1) is 25.9 Å². The van der Waals surface area contributed by atoms with Crippen LogP contribution in [-0.4, -0.2) is 56.0 Å². The molecule has 0 aromatic carbocycles. The first-order valence-electron chi connectivity index (χ1n) is 6.84. The maximum Gasteiger partial charge on any atom is 0.0935 e. The van der Waals surface area contributed by atoms with Crippen molar-refractivity contribution in [3.63, 3.8) is 0 Å². The molecule has 1 rings (SSSR count). The Morgan fingerprint density at radius 1 is 1.35 bits per heavy atom. The van der Waals surface area contributed by atoms with Gasteiger partial charge in [0.2, 0.25) is 0 Å². The molecule has 0 aromatic heterocycles. The number of hydrogen-bond acceptors (Lipinski definition) is 4. The zero-order chi connectivity index (χ0) is 12.7. The number of hydrogen-bond donors (Lipinski definition) is 1. The third kappa shape index (κ3) is 4.92. The Labute approximate surface area is 105 Å². The Morgan fingerprint density at radius 2 is 2.06 bits per heavy atom. The Kier molecular flexibility index (Phi) is 6.41. The fourth-order valence-electron chi connectivity index (χ4n) is 2.02. The third-order valence-corrected chi connectivity index (χ3v) is 3.77. The fourth-order valence-corrected chi connectivity index (χ4v) is 2.02. The van der Waals surface area contributed by atoms with E-state index in [4.69, 9.17) is 15.2 Å². The highest BCUT2D eigenvalue weighted by Gasteiger charge is 2.23. The van der Waals surface area contributed by atoms with Crippen LogP contribution in [0.1, 0.15) is 33.6 Å². The molecule has 2 N–H and O–H groups in total. The number of nitrogens with two attached hydrogens (primary N) is 1. The van der Waals surface area contributed by atoms with Crippen LogP contribution in [0.4, 0.5) is 0 Å². The standard InChI is InChI=1S/C13H28N2O2/c1-4-13(14,5-2)11-16-10-12-9-15(6-3)7-8-17-12/h12H,4-11,14H2,1-3H3. The van der Waals surface area contributed by atoms with Gasteiger partial charge >= 0.3 is 0 Å². The van der Waals surface area contributed by atoms with E-state index in [2.05, 4.69) is 25.7 Å². The molecule has 1 aliphatic rings. The van der Waals surface area contributed by atoms with Gasteiger partial charge < -0.3 is 15.2 Å². The van der Waals surface area contributed by atoms with E-state index in [-0.39, 0.29) is 11.6 Å². The minimum Gasteiger partial charge on any atom is -0.377 e. The monoisotopic (exact) mass is 244 g/mol. The van der Waals surface area contributed by atoms with Crippen LogP contribution in [0.15, 0.2) is 0 Å². The van der Waals surface area contributed by atoms with Crippen LogP contribution in [0.3, 0.4) is 0 Å². The largest absolute Gasteiger partial charge is 0.377 e. The van der Waals surface area contributed by atoms with Crippen LogP contribution in [0, 0.1) is 0 Å². The van der Waals surface area contributed by atoms with Crippen molar-refractivity contribution < 1.29 is 9.47 Å². The van der Waals surface area contributed by atoms with Crippen LogP contribution >= 0.6 is 0 Å². The summed E-state index contributed by atoms with van der Waals surface area (Å²) >= 11 is 0. The topological polar surface area (TPSA) is 47.7 Å². The number of ether oxygens (including phenoxy) is 2. The van der Waals surface area contributed by atoms with Crippen molar-refractivity contribution in [2.45, 2.75) is 45.3 Å². The van der Waals surface area contributed by atoms with E-state index in [9.17, 15) is 0 Å². The molecule has 1 fully saturated rings. The van der Waals surface area contributed by atoms with Crippen molar-refractivity contribution in [1.82, 2.24) is 4.90 Å². The predicted molar refractivity (Wildman–Crippen MR) is 70.2 cm³/mol. The molecule has 1 atom stereocenters. The lowest BCUT2D eigenvalue weighted by Gasteiger charge is -2.33. The summed E-state index contributed by atoms with van der Waals surface area (Å²) in [6, 6.07) is 0. The molecule has 1 unspecified atom stereocenters. The SMILES string of the molecule is CCN1CCOC(COCC(N)(CC)CC)C1. The summed E-state index contributed by atoms with van der Waals surface area (Å²) < 4.78 is 11.4. The molecule has 0 amide bonds. The molecule has 102 valence electrons. The lowest BCUT2D eigenvalue weighted by Crippen LogP contribution is -2.47. The minimum absolute atomic E-state index is 0.168. The number of likely N-dealkylation sites (N-methyl/N-ethyl adjacent to an activating group) is 1. The van der Waals surface area contributed by atoms with E-state index in [1.165, 1.54) is 0 Å². The van der Waals surface area contributed by atoms with Crippen LogP contribution in [0.25, 0.3) is 0 Å². The summed E-state index contributed by atoms with van der Waals surface area (Å²) in [6.45, 7) is 11.6. The van der Waals surface area contributed by atoms with Gasteiger partial charge in [-0.2, -0.15) is 0 Å². The van der Waals surface area contributed by atoms with E-state index >= 15 is 0 Å². The van der Waals surface area contributed by atoms with Crippen molar-refractivity contribution in [2.75, 3.05) is 39.5 Å². The molecule has 0 radical (unpaired) electrons. The zero-order valence-corrected chi connectivity index (χ0v) is 11.6. The van der Waals surface area contributed by atoms with Gasteiger partial charge in [-0.15, -0.1) is 0 Å². The van der Waals surface area contributed by atoms with Crippen LogP contribution in [0.2, 0.25) is 0 Å². The molecule has 0 aromatic rings. The Morgan fingerprint density at radius 3 is 2.65 bits per heavy atom. The second-order valence-corrected chi connectivity index (χ2v) is 4.97. The summed E-state index contributed by atoms with van der Waals surface area (Å²) in [7, 11) is 0. The normalized spacial score (nSPS) is 22.9. The highest BCUT2D eigenvalue weighted by molar-refractivity contribution is 4.80. The molecule has 1 aliphatic heterocycles. The van der Waals surface area contributed by atoms with Crippen molar-refractivity contribution in [1.29, 1.82) is 0 Å². The molecule has 17 heavy (non-hydrogen) atoms. The van der Waals surface area contributed by atoms with Crippen molar-refractivity contribution in [2.24, 2.45) is 5.73 Å². The molecule has 1 heterocycles. The van der Waals surface area contributed by atoms with Crippen LogP contribution in [0.5, 0.6) is 0 Å². The average molecular weight is 244 g/mol. The van der Waals surface area contributed by atoms with Gasteiger partial charge in [0.15, 0.2) is 0 Å². The molecule has 0 bridgehead atoms. The van der Waals surface area contributed by atoms with Gasteiger partial charge in [-0.05, 0) is 19.4 Å². The number of nitrogens with zero attached hydrogens (tertiary/aromatic N) is 1. The van der Waals surface area contributed by atoms with Crippen LogP contribution in [-0.2, 0) is 9.47 Å². The van der Waals surface area contributed by atoms with Crippen molar-refractivity contribution >= 4 is 0 Å². The fraction of sp³-hybridized carbons (Fsp3) is 1.00. The van der Waals surface area contributed by atoms with E-state index in [0.29, 0.717) is 13.2 Å². The van der Waals surface area contributed by atoms with E-state index in [1.54, 1.807) is 0 Å². The van der Waals surface area contributed by atoms with Gasteiger partial charge in [0.1, 0.15) is 0 Å². The Hall–Kier alpha value is -0.160. The zero-order valence-electron chi connectivity index (χ0n) is 11.6. The molecule has 0 spiro atoms. The summed E-state index contributed by atoms with van der Waals surface area (Å²) in [4.78, 5) is 2.40. The lowest BCUT2D eigenvalue weighted by atomic mass is 9.96. The summed E-state index contributed by atoms with van der Waals surface area (Å²) in [5.41, 5.74) is 6.02. The maximum atomic E-state index is 6.19. The first-order valence-corrected chi connectivity index (χ1v) is 6.84. The van der Waals surface area contributed by atoms with Gasteiger partial charge in [-0.1, -0.05) is 20.8 Å². The average Bonchev–Trinajstić information content (AvgIpc) is 2.39. The van der Waals surface area contributed by atoms with E-state index in [1.807, 2.05) is 0 Å². The van der Waals surface area contributed by atoms with Gasteiger partial charge in [0, 0.05) is 18.6 Å². The Bertz CT molecular complexity index is 208. The molecule has 4 heteroatoms. The molecule has 0 aliphatic carbocycles. The van der Waals surface area contributed by atoms with E-state index < -0.39 is 0 Å². The van der Waals surface area contributed by atoms with Crippen molar-refractivity contribution in [3.05, 3.63) is 0 Å². The summed E-state index contributed by atoms with van der Waals surface area (Å²) in [5, 5.41) is 0. The minimum atomic E-state index is -0.168. The molecule has 4 nitrogen and oxygen atoms in total. The second-order valence-electron chi connectivity index (χ2n) is 4.97. The highest BCUT2D eigenvalue weighted by Crippen LogP contribution is 2.12. The maximum absolute atomic E-state index is 6.19. The molecule has 1 saturated heterocycles. The highest BCUT2D eigenvalue weighted by atomic mass is 16.5. The van der Waals surface area contributed by atoms with Gasteiger partial charge in [-0.3, -0.25) is 4.90 Å². The smallest absolute Gasteiger partial charge is 0.0935 e. The lowest BCUT2D eigenvalue weighted by molar-refractivity contribution is -0.0741. The quantitative estimate of drug-likeness (QED) is 0.732. The summed E-state index contributed by atoms with van der Waals surface area (Å²) in [6.07, 6.45) is 2.12. The summed E-state index contributed by atoms with van der Waals surface area (Å²) in [5.74, 6) is 0. The van der Waals surface area contributed by atoms with Gasteiger partial charge in [0.25, 0.3) is 0 Å².